The van der Waals surface area contributed by atoms with Crippen molar-refractivity contribution >= 4 is 38.8 Å². The van der Waals surface area contributed by atoms with Gasteiger partial charge in [0.1, 0.15) is 9.71 Å². The molecule has 3 aromatic rings. The first-order valence-electron chi connectivity index (χ1n) is 10.5. The molecule has 2 aromatic heterocycles. The van der Waals surface area contributed by atoms with E-state index < -0.39 is 0 Å². The molecule has 1 aliphatic rings. The van der Waals surface area contributed by atoms with Crippen molar-refractivity contribution in [3.05, 3.63) is 40.4 Å². The number of benzene rings is 1. The number of fused-ring (bicyclic) bond motifs is 2. The standard InChI is InChI=1S/C24H29N3O3S/c1-24(2,3)14-6-8-17-13(10-14)11-16-20(25)21(31-23(16)27-17)22(28)26-15-7-9-18(29-4)19(12-15)30-5/h7,9,11-12,14H,6,8,10,25H2,1-5H3,(H,26,28). The van der Waals surface area contributed by atoms with Crippen LogP contribution in [0.2, 0.25) is 0 Å². The molecule has 7 heteroatoms. The van der Waals surface area contributed by atoms with Gasteiger partial charge in [0, 0.05) is 22.8 Å². The lowest BCUT2D eigenvalue weighted by atomic mass is 9.71. The number of aryl methyl sites for hydroxylation is 1. The van der Waals surface area contributed by atoms with Crippen LogP contribution in [0.25, 0.3) is 10.2 Å². The summed E-state index contributed by atoms with van der Waals surface area (Å²) in [5.41, 5.74) is 10.2. The lowest BCUT2D eigenvalue weighted by Crippen LogP contribution is -2.27. The van der Waals surface area contributed by atoms with Crippen molar-refractivity contribution in [2.45, 2.75) is 40.0 Å². The SMILES string of the molecule is COc1ccc(NC(=O)c2sc3nc4c(cc3c2N)CC(C(C)(C)C)CC4)cc1OC. The van der Waals surface area contributed by atoms with Crippen molar-refractivity contribution in [3.63, 3.8) is 0 Å². The van der Waals surface area contributed by atoms with E-state index in [1.54, 1.807) is 32.4 Å². The molecule has 0 aliphatic heterocycles. The summed E-state index contributed by atoms with van der Waals surface area (Å²) in [4.78, 5) is 19.2. The first-order valence-corrected chi connectivity index (χ1v) is 11.3. The van der Waals surface area contributed by atoms with Crippen LogP contribution < -0.4 is 20.5 Å². The van der Waals surface area contributed by atoms with Crippen molar-refractivity contribution in [2.24, 2.45) is 11.3 Å². The quantitative estimate of drug-likeness (QED) is 0.576. The topological polar surface area (TPSA) is 86.5 Å². The van der Waals surface area contributed by atoms with Crippen molar-refractivity contribution in [1.82, 2.24) is 4.98 Å². The molecule has 1 amide bonds. The van der Waals surface area contributed by atoms with Crippen LogP contribution in [-0.4, -0.2) is 25.1 Å². The summed E-state index contributed by atoms with van der Waals surface area (Å²) in [6.07, 6.45) is 3.12. The van der Waals surface area contributed by atoms with Gasteiger partial charge >= 0.3 is 0 Å². The van der Waals surface area contributed by atoms with E-state index in [9.17, 15) is 4.79 Å². The second-order valence-corrected chi connectivity index (χ2v) is 10.1. The number of carbonyl (C=O) groups is 1. The molecule has 0 radical (unpaired) electrons. The monoisotopic (exact) mass is 439 g/mol. The lowest BCUT2D eigenvalue weighted by molar-refractivity contribution is 0.103. The molecule has 0 spiro atoms. The molecule has 0 saturated heterocycles. The van der Waals surface area contributed by atoms with E-state index in [4.69, 9.17) is 20.2 Å². The summed E-state index contributed by atoms with van der Waals surface area (Å²) >= 11 is 1.34. The third kappa shape index (κ3) is 4.06. The van der Waals surface area contributed by atoms with Crippen molar-refractivity contribution in [3.8, 4) is 11.5 Å². The number of aromatic nitrogens is 1. The first kappa shape index (κ1) is 21.4. The van der Waals surface area contributed by atoms with Gasteiger partial charge in [-0.25, -0.2) is 4.98 Å². The minimum atomic E-state index is -0.252. The number of thiophene rings is 1. The van der Waals surface area contributed by atoms with Gasteiger partial charge in [0.2, 0.25) is 0 Å². The minimum absolute atomic E-state index is 0.252. The van der Waals surface area contributed by atoms with Crippen LogP contribution in [0.3, 0.4) is 0 Å². The maximum absolute atomic E-state index is 13.0. The van der Waals surface area contributed by atoms with Crippen molar-refractivity contribution in [1.29, 1.82) is 0 Å². The summed E-state index contributed by atoms with van der Waals surface area (Å²) in [6.45, 7) is 6.89. The third-order valence-electron chi connectivity index (χ3n) is 6.16. The van der Waals surface area contributed by atoms with E-state index in [0.717, 1.165) is 35.2 Å². The summed E-state index contributed by atoms with van der Waals surface area (Å²) in [5.74, 6) is 1.52. The molecule has 1 aromatic carbocycles. The molecule has 1 aliphatic carbocycles. The number of carbonyl (C=O) groups excluding carboxylic acids is 1. The number of anilines is 2. The zero-order chi connectivity index (χ0) is 22.3. The number of pyridine rings is 1. The Bertz CT molecular complexity index is 1150. The van der Waals surface area contributed by atoms with Crippen LogP contribution in [0, 0.1) is 11.3 Å². The Morgan fingerprint density at radius 3 is 2.61 bits per heavy atom. The number of nitrogens with one attached hydrogen (secondary N) is 1. The van der Waals surface area contributed by atoms with Gasteiger partial charge in [-0.2, -0.15) is 0 Å². The molecule has 2 heterocycles. The van der Waals surface area contributed by atoms with Gasteiger partial charge in [-0.05, 0) is 54.4 Å². The smallest absolute Gasteiger partial charge is 0.267 e. The molecule has 3 N–H and O–H groups in total. The fraction of sp³-hybridized carbons (Fsp3) is 0.417. The van der Waals surface area contributed by atoms with E-state index in [1.165, 1.54) is 16.9 Å². The van der Waals surface area contributed by atoms with Gasteiger partial charge in [0.25, 0.3) is 5.91 Å². The molecule has 31 heavy (non-hydrogen) atoms. The number of nitrogens with two attached hydrogens (primary N) is 1. The Hall–Kier alpha value is -2.80. The van der Waals surface area contributed by atoms with Crippen LogP contribution in [-0.2, 0) is 12.8 Å². The minimum Gasteiger partial charge on any atom is -0.493 e. The van der Waals surface area contributed by atoms with E-state index in [-0.39, 0.29) is 11.3 Å². The van der Waals surface area contributed by atoms with E-state index in [0.29, 0.717) is 33.7 Å². The van der Waals surface area contributed by atoms with E-state index in [1.807, 2.05) is 0 Å². The fourth-order valence-corrected chi connectivity index (χ4v) is 5.19. The average Bonchev–Trinajstić information content (AvgIpc) is 3.06. The lowest BCUT2D eigenvalue weighted by Gasteiger charge is -2.34. The third-order valence-corrected chi connectivity index (χ3v) is 7.27. The Morgan fingerprint density at radius 1 is 1.19 bits per heavy atom. The fourth-order valence-electron chi connectivity index (χ4n) is 4.20. The highest BCUT2D eigenvalue weighted by molar-refractivity contribution is 7.21. The van der Waals surface area contributed by atoms with Crippen LogP contribution in [0.5, 0.6) is 11.5 Å². The van der Waals surface area contributed by atoms with Crippen molar-refractivity contribution in [2.75, 3.05) is 25.3 Å². The molecule has 0 saturated carbocycles. The number of hydrogen-bond donors (Lipinski definition) is 2. The Kier molecular flexibility index (Phi) is 5.56. The van der Waals surface area contributed by atoms with Crippen LogP contribution >= 0.6 is 11.3 Å². The normalized spacial score (nSPS) is 16.1. The second-order valence-electron chi connectivity index (χ2n) is 9.12. The summed E-state index contributed by atoms with van der Waals surface area (Å²) in [5, 5.41) is 3.78. The zero-order valence-electron chi connectivity index (χ0n) is 18.7. The highest BCUT2D eigenvalue weighted by atomic mass is 32.1. The van der Waals surface area contributed by atoms with E-state index in [2.05, 4.69) is 32.2 Å². The number of methoxy groups -OCH3 is 2. The molecular weight excluding hydrogens is 410 g/mol. The maximum atomic E-state index is 13.0. The number of amides is 1. The zero-order valence-corrected chi connectivity index (χ0v) is 19.5. The van der Waals surface area contributed by atoms with Crippen LogP contribution in [0.4, 0.5) is 11.4 Å². The second kappa shape index (κ2) is 8.04. The largest absolute Gasteiger partial charge is 0.493 e. The van der Waals surface area contributed by atoms with Gasteiger partial charge < -0.3 is 20.5 Å². The van der Waals surface area contributed by atoms with Gasteiger partial charge in [0.15, 0.2) is 11.5 Å². The molecule has 164 valence electrons. The van der Waals surface area contributed by atoms with Gasteiger partial charge in [-0.3, -0.25) is 4.79 Å². The molecule has 1 unspecified atom stereocenters. The molecule has 4 rings (SSSR count). The molecular formula is C24H29N3O3S. The first-order chi connectivity index (χ1) is 14.7. The Balaban J connectivity index is 1.63. The highest BCUT2D eigenvalue weighted by Crippen LogP contribution is 2.40. The van der Waals surface area contributed by atoms with Crippen LogP contribution in [0.1, 0.15) is 48.1 Å². The molecule has 0 bridgehead atoms. The van der Waals surface area contributed by atoms with E-state index >= 15 is 0 Å². The molecule has 6 nitrogen and oxygen atoms in total. The van der Waals surface area contributed by atoms with Crippen molar-refractivity contribution < 1.29 is 14.3 Å². The summed E-state index contributed by atoms with van der Waals surface area (Å²) < 4.78 is 10.6. The predicted molar refractivity (Wildman–Crippen MR) is 127 cm³/mol. The average molecular weight is 440 g/mol. The van der Waals surface area contributed by atoms with Gasteiger partial charge in [-0.15, -0.1) is 11.3 Å². The van der Waals surface area contributed by atoms with Crippen LogP contribution in [0.15, 0.2) is 24.3 Å². The van der Waals surface area contributed by atoms with Gasteiger partial charge in [-0.1, -0.05) is 20.8 Å². The van der Waals surface area contributed by atoms with Gasteiger partial charge in [0.05, 0.1) is 19.9 Å². The summed E-state index contributed by atoms with van der Waals surface area (Å²) in [6, 6.07) is 7.40. The maximum Gasteiger partial charge on any atom is 0.267 e. The Morgan fingerprint density at radius 2 is 1.94 bits per heavy atom. The number of nitrogen functional groups attached to an aromatic ring is 1. The summed E-state index contributed by atoms with van der Waals surface area (Å²) in [7, 11) is 3.13. The number of ether oxygens (including phenoxy) is 2. The molecule has 1 atom stereocenters. The predicted octanol–water partition coefficient (Wildman–Crippen LogP) is 5.30. The Labute approximate surface area is 186 Å². The highest BCUT2D eigenvalue weighted by Gasteiger charge is 2.30. The number of hydrogen-bond acceptors (Lipinski definition) is 6. The molecule has 0 fully saturated rings. The number of nitrogens with zero attached hydrogens (tertiary/aromatic N) is 1. The number of rotatable bonds is 4.